The molecule has 62 valence electrons. The molecule has 1 aromatic rings. The largest absolute Gasteiger partial charge is 0.478 e. The average molecular weight is 161 g/mol. The minimum atomic E-state index is 0.257. The number of hydrogen-bond acceptors (Lipinski definition) is 2. The molecule has 2 heteroatoms. The smallest absolute Gasteiger partial charge is 0.170 e. The van der Waals surface area contributed by atoms with E-state index in [1.807, 2.05) is 18.2 Å². The third kappa shape index (κ3) is 1.64. The molecule has 1 atom stereocenters. The minimum absolute atomic E-state index is 0.257. The summed E-state index contributed by atoms with van der Waals surface area (Å²) in [5.41, 5.74) is 1.31. The van der Waals surface area contributed by atoms with E-state index in [9.17, 15) is 0 Å². The van der Waals surface area contributed by atoms with Crippen LogP contribution in [0.15, 0.2) is 35.3 Å². The number of aliphatic imine (C=N–C) groups is 1. The van der Waals surface area contributed by atoms with Crippen molar-refractivity contribution in [2.75, 3.05) is 6.54 Å². The third-order valence-electron chi connectivity index (χ3n) is 1.94. The van der Waals surface area contributed by atoms with Crippen LogP contribution < -0.4 is 0 Å². The Morgan fingerprint density at radius 3 is 2.83 bits per heavy atom. The quantitative estimate of drug-likeness (QED) is 0.646. The lowest BCUT2D eigenvalue weighted by molar-refractivity contribution is 0.234. The number of nitrogens with zero attached hydrogens (tertiary/aromatic N) is 1. The molecular formula is C10H11NO. The Balaban J connectivity index is 1.95. The summed E-state index contributed by atoms with van der Waals surface area (Å²) in [6.07, 6.45) is 2.77. The van der Waals surface area contributed by atoms with Crippen molar-refractivity contribution >= 4 is 6.40 Å². The van der Waals surface area contributed by atoms with E-state index in [4.69, 9.17) is 4.74 Å². The molecule has 0 radical (unpaired) electrons. The summed E-state index contributed by atoms with van der Waals surface area (Å²) < 4.78 is 5.27. The molecule has 0 aromatic heterocycles. The molecule has 1 unspecified atom stereocenters. The fourth-order valence-electron chi connectivity index (χ4n) is 1.32. The number of benzene rings is 1. The topological polar surface area (TPSA) is 21.6 Å². The molecule has 0 spiro atoms. The van der Waals surface area contributed by atoms with Gasteiger partial charge in [-0.1, -0.05) is 30.3 Å². The second kappa shape index (κ2) is 3.39. The lowest BCUT2D eigenvalue weighted by Crippen LogP contribution is -2.13. The van der Waals surface area contributed by atoms with Gasteiger partial charge < -0.3 is 4.74 Å². The predicted molar refractivity (Wildman–Crippen MR) is 48.4 cm³/mol. The van der Waals surface area contributed by atoms with Gasteiger partial charge in [0.15, 0.2) is 6.40 Å². The highest BCUT2D eigenvalue weighted by molar-refractivity contribution is 5.49. The first-order chi connectivity index (χ1) is 5.95. The summed E-state index contributed by atoms with van der Waals surface area (Å²) in [6, 6.07) is 10.3. The summed E-state index contributed by atoms with van der Waals surface area (Å²) in [5.74, 6) is 0. The highest BCUT2D eigenvalue weighted by Crippen LogP contribution is 2.08. The summed E-state index contributed by atoms with van der Waals surface area (Å²) in [7, 11) is 0. The normalized spacial score (nSPS) is 20.8. The summed E-state index contributed by atoms with van der Waals surface area (Å²) in [4.78, 5) is 4.01. The fourth-order valence-corrected chi connectivity index (χ4v) is 1.32. The monoisotopic (exact) mass is 161 g/mol. The third-order valence-corrected chi connectivity index (χ3v) is 1.94. The molecule has 2 nitrogen and oxygen atoms in total. The van der Waals surface area contributed by atoms with Gasteiger partial charge >= 0.3 is 0 Å². The van der Waals surface area contributed by atoms with Gasteiger partial charge in [0.25, 0.3) is 0 Å². The first-order valence-electron chi connectivity index (χ1n) is 4.13. The number of ether oxygens (including phenoxy) is 1. The maximum atomic E-state index is 5.27. The van der Waals surface area contributed by atoms with E-state index in [0.29, 0.717) is 0 Å². The van der Waals surface area contributed by atoms with Crippen molar-refractivity contribution in [3.63, 3.8) is 0 Å². The zero-order chi connectivity index (χ0) is 8.23. The lowest BCUT2D eigenvalue weighted by Gasteiger charge is -2.07. The molecule has 1 aliphatic rings. The first-order valence-corrected chi connectivity index (χ1v) is 4.13. The van der Waals surface area contributed by atoms with E-state index in [2.05, 4.69) is 17.1 Å². The van der Waals surface area contributed by atoms with E-state index >= 15 is 0 Å². The minimum Gasteiger partial charge on any atom is -0.478 e. The maximum absolute atomic E-state index is 5.27. The Morgan fingerprint density at radius 1 is 1.33 bits per heavy atom. The zero-order valence-electron chi connectivity index (χ0n) is 6.81. The number of rotatable bonds is 2. The van der Waals surface area contributed by atoms with Gasteiger partial charge in [0, 0.05) is 6.42 Å². The van der Waals surface area contributed by atoms with Crippen LogP contribution in [0.25, 0.3) is 0 Å². The van der Waals surface area contributed by atoms with Crippen LogP contribution in [0.4, 0.5) is 0 Å². The van der Waals surface area contributed by atoms with Crippen molar-refractivity contribution in [3.8, 4) is 0 Å². The van der Waals surface area contributed by atoms with Gasteiger partial charge in [0.2, 0.25) is 0 Å². The Morgan fingerprint density at radius 2 is 2.17 bits per heavy atom. The van der Waals surface area contributed by atoms with Crippen molar-refractivity contribution in [2.24, 2.45) is 4.99 Å². The maximum Gasteiger partial charge on any atom is 0.170 e. The van der Waals surface area contributed by atoms with Crippen LogP contribution in [0.5, 0.6) is 0 Å². The molecule has 0 amide bonds. The molecule has 1 heterocycles. The van der Waals surface area contributed by atoms with Crippen LogP contribution in [0.2, 0.25) is 0 Å². The fraction of sp³-hybridized carbons (Fsp3) is 0.300. The molecule has 0 N–H and O–H groups in total. The molecule has 2 rings (SSSR count). The van der Waals surface area contributed by atoms with E-state index in [1.54, 1.807) is 6.40 Å². The Bertz CT molecular complexity index is 260. The molecule has 0 saturated heterocycles. The van der Waals surface area contributed by atoms with Crippen molar-refractivity contribution in [1.82, 2.24) is 0 Å². The van der Waals surface area contributed by atoms with E-state index in [-0.39, 0.29) is 6.10 Å². The summed E-state index contributed by atoms with van der Waals surface area (Å²) in [6.45, 7) is 0.800. The second-order valence-corrected chi connectivity index (χ2v) is 2.92. The summed E-state index contributed by atoms with van der Waals surface area (Å²) in [5, 5.41) is 0. The van der Waals surface area contributed by atoms with Crippen LogP contribution in [-0.4, -0.2) is 19.0 Å². The molecule has 0 fully saturated rings. The Labute approximate surface area is 71.9 Å². The van der Waals surface area contributed by atoms with Gasteiger partial charge in [-0.05, 0) is 5.56 Å². The lowest BCUT2D eigenvalue weighted by atomic mass is 10.1. The second-order valence-electron chi connectivity index (χ2n) is 2.92. The highest BCUT2D eigenvalue weighted by Gasteiger charge is 2.12. The van der Waals surface area contributed by atoms with E-state index < -0.39 is 0 Å². The van der Waals surface area contributed by atoms with E-state index in [0.717, 1.165) is 13.0 Å². The average Bonchev–Trinajstić information content (AvgIpc) is 2.59. The van der Waals surface area contributed by atoms with Gasteiger partial charge in [0.05, 0.1) is 6.54 Å². The highest BCUT2D eigenvalue weighted by atomic mass is 16.5. The SMILES string of the molecule is C1=NCC(Cc2ccccc2)O1. The van der Waals surface area contributed by atoms with Crippen molar-refractivity contribution in [3.05, 3.63) is 35.9 Å². The summed E-state index contributed by atoms with van der Waals surface area (Å²) >= 11 is 0. The molecular weight excluding hydrogens is 150 g/mol. The van der Waals surface area contributed by atoms with Crippen LogP contribution in [0.3, 0.4) is 0 Å². The predicted octanol–water partition coefficient (Wildman–Crippen LogP) is 1.66. The van der Waals surface area contributed by atoms with Gasteiger partial charge in [-0.3, -0.25) is 4.99 Å². The van der Waals surface area contributed by atoms with Crippen LogP contribution in [-0.2, 0) is 11.2 Å². The van der Waals surface area contributed by atoms with Crippen LogP contribution in [0, 0.1) is 0 Å². The molecule has 12 heavy (non-hydrogen) atoms. The zero-order valence-corrected chi connectivity index (χ0v) is 6.81. The Kier molecular flexibility index (Phi) is 2.08. The van der Waals surface area contributed by atoms with Crippen molar-refractivity contribution in [1.29, 1.82) is 0 Å². The van der Waals surface area contributed by atoms with Gasteiger partial charge in [-0.2, -0.15) is 0 Å². The first kappa shape index (κ1) is 7.35. The van der Waals surface area contributed by atoms with Crippen LogP contribution in [0.1, 0.15) is 5.56 Å². The van der Waals surface area contributed by atoms with Gasteiger partial charge in [-0.15, -0.1) is 0 Å². The molecule has 1 aromatic carbocycles. The van der Waals surface area contributed by atoms with Gasteiger partial charge in [-0.25, -0.2) is 0 Å². The van der Waals surface area contributed by atoms with Crippen molar-refractivity contribution in [2.45, 2.75) is 12.5 Å². The molecule has 0 saturated carbocycles. The molecule has 0 aliphatic carbocycles. The molecule has 1 aliphatic heterocycles. The van der Waals surface area contributed by atoms with Gasteiger partial charge in [0.1, 0.15) is 6.10 Å². The standard InChI is InChI=1S/C10H11NO/c1-2-4-9(5-3-1)6-10-7-11-8-12-10/h1-5,8,10H,6-7H2. The Hall–Kier alpha value is -1.31. The number of hydrogen-bond donors (Lipinski definition) is 0. The van der Waals surface area contributed by atoms with Crippen molar-refractivity contribution < 1.29 is 4.74 Å². The van der Waals surface area contributed by atoms with E-state index in [1.165, 1.54) is 5.56 Å². The van der Waals surface area contributed by atoms with Crippen LogP contribution >= 0.6 is 0 Å². The molecule has 0 bridgehead atoms.